The van der Waals surface area contributed by atoms with Gasteiger partial charge in [0.05, 0.1) is 11.6 Å². The van der Waals surface area contributed by atoms with Crippen LogP contribution in [0.4, 0.5) is 0 Å². The monoisotopic (exact) mass is 239 g/mol. The normalized spacial score (nSPS) is 8.92. The zero-order valence-electron chi connectivity index (χ0n) is 6.62. The maximum atomic E-state index is 11.2. The third kappa shape index (κ3) is 2.84. The smallest absolute Gasteiger partial charge is 0.253 e. The first-order valence-corrected chi connectivity index (χ1v) is 4.29. The lowest BCUT2D eigenvalue weighted by molar-refractivity contribution is 0.0958. The van der Waals surface area contributed by atoms with E-state index in [0.29, 0.717) is 5.56 Å². The van der Waals surface area contributed by atoms with Crippen molar-refractivity contribution >= 4 is 21.8 Å². The largest absolute Gasteiger partial charge is 0.339 e. The molecule has 13 heavy (non-hydrogen) atoms. The number of aromatic nitrogens is 1. The SMILES string of the molecule is N#CCNC(=O)c1cncc(Br)c1. The number of rotatable bonds is 2. The Labute approximate surface area is 83.7 Å². The number of hydrogen-bond donors (Lipinski definition) is 1. The highest BCUT2D eigenvalue weighted by atomic mass is 79.9. The average molecular weight is 240 g/mol. The maximum absolute atomic E-state index is 11.2. The molecule has 1 heterocycles. The van der Waals surface area contributed by atoms with Gasteiger partial charge in [-0.15, -0.1) is 0 Å². The minimum Gasteiger partial charge on any atom is -0.339 e. The Morgan fingerprint density at radius 3 is 3.08 bits per heavy atom. The lowest BCUT2D eigenvalue weighted by Gasteiger charge is -1.99. The van der Waals surface area contributed by atoms with E-state index in [-0.39, 0.29) is 12.5 Å². The molecule has 0 radical (unpaired) electrons. The van der Waals surface area contributed by atoms with Gasteiger partial charge in [-0.1, -0.05) is 0 Å². The molecule has 0 aliphatic heterocycles. The zero-order chi connectivity index (χ0) is 9.68. The molecule has 0 saturated heterocycles. The van der Waals surface area contributed by atoms with Crippen molar-refractivity contribution in [2.24, 2.45) is 0 Å². The summed E-state index contributed by atoms with van der Waals surface area (Å²) in [6.45, 7) is 0.00530. The number of hydrogen-bond acceptors (Lipinski definition) is 3. The number of nitrogens with one attached hydrogen (secondary N) is 1. The van der Waals surface area contributed by atoms with Crippen molar-refractivity contribution < 1.29 is 4.79 Å². The van der Waals surface area contributed by atoms with E-state index < -0.39 is 0 Å². The number of pyridine rings is 1. The van der Waals surface area contributed by atoms with Gasteiger partial charge in [-0.2, -0.15) is 5.26 Å². The predicted molar refractivity (Wildman–Crippen MR) is 49.9 cm³/mol. The third-order valence-corrected chi connectivity index (χ3v) is 1.73. The third-order valence-electron chi connectivity index (χ3n) is 1.30. The summed E-state index contributed by atoms with van der Waals surface area (Å²) in [6, 6.07) is 3.46. The van der Waals surface area contributed by atoms with E-state index in [4.69, 9.17) is 5.26 Å². The molecule has 66 valence electrons. The van der Waals surface area contributed by atoms with Crippen LogP contribution in [-0.4, -0.2) is 17.4 Å². The molecule has 0 fully saturated rings. The molecule has 1 amide bonds. The quantitative estimate of drug-likeness (QED) is 0.787. The molecule has 1 aromatic heterocycles. The molecule has 0 spiro atoms. The van der Waals surface area contributed by atoms with E-state index in [9.17, 15) is 4.79 Å². The Kier molecular flexibility index (Phi) is 3.41. The van der Waals surface area contributed by atoms with Crippen molar-refractivity contribution in [1.29, 1.82) is 5.26 Å². The summed E-state index contributed by atoms with van der Waals surface area (Å²) < 4.78 is 0.733. The van der Waals surface area contributed by atoms with E-state index in [2.05, 4.69) is 26.2 Å². The van der Waals surface area contributed by atoms with Crippen molar-refractivity contribution in [2.75, 3.05) is 6.54 Å². The number of carbonyl (C=O) groups excluding carboxylic acids is 1. The molecular weight excluding hydrogens is 234 g/mol. The molecule has 1 N–H and O–H groups in total. The molecule has 4 nitrogen and oxygen atoms in total. The van der Waals surface area contributed by atoms with Crippen LogP contribution in [0.1, 0.15) is 10.4 Å². The van der Waals surface area contributed by atoms with Crippen molar-refractivity contribution in [3.63, 3.8) is 0 Å². The number of halogens is 1. The second-order valence-corrected chi connectivity index (χ2v) is 3.15. The van der Waals surface area contributed by atoms with Crippen molar-refractivity contribution in [3.05, 3.63) is 28.5 Å². The van der Waals surface area contributed by atoms with Gasteiger partial charge in [-0.3, -0.25) is 9.78 Å². The summed E-state index contributed by atoms with van der Waals surface area (Å²) in [7, 11) is 0. The van der Waals surface area contributed by atoms with E-state index in [0.717, 1.165) is 4.47 Å². The van der Waals surface area contributed by atoms with Gasteiger partial charge in [0.1, 0.15) is 6.54 Å². The Bertz CT molecular complexity index is 359. The number of nitriles is 1. The first-order chi connectivity index (χ1) is 6.24. The predicted octanol–water partition coefficient (Wildman–Crippen LogP) is 1.10. The molecule has 0 aromatic carbocycles. The first kappa shape index (κ1) is 9.68. The average Bonchev–Trinajstić information content (AvgIpc) is 2.14. The topological polar surface area (TPSA) is 65.8 Å². The molecule has 5 heteroatoms. The van der Waals surface area contributed by atoms with Crippen LogP contribution in [0.5, 0.6) is 0 Å². The summed E-state index contributed by atoms with van der Waals surface area (Å²) in [6.07, 6.45) is 3.03. The van der Waals surface area contributed by atoms with E-state index in [1.807, 2.05) is 6.07 Å². The Balaban J connectivity index is 2.72. The summed E-state index contributed by atoms with van der Waals surface area (Å²) >= 11 is 3.19. The highest BCUT2D eigenvalue weighted by molar-refractivity contribution is 9.10. The number of carbonyl (C=O) groups is 1. The lowest BCUT2D eigenvalue weighted by Crippen LogP contribution is -2.23. The van der Waals surface area contributed by atoms with Crippen LogP contribution in [0.25, 0.3) is 0 Å². The van der Waals surface area contributed by atoms with Crippen LogP contribution in [0.3, 0.4) is 0 Å². The second kappa shape index (κ2) is 4.58. The van der Waals surface area contributed by atoms with Gasteiger partial charge in [0, 0.05) is 16.9 Å². The van der Waals surface area contributed by atoms with Gasteiger partial charge in [-0.05, 0) is 22.0 Å². The Morgan fingerprint density at radius 2 is 2.46 bits per heavy atom. The second-order valence-electron chi connectivity index (χ2n) is 2.23. The molecule has 0 saturated carbocycles. The fourth-order valence-electron chi connectivity index (χ4n) is 0.758. The molecular formula is C8H6BrN3O. The highest BCUT2D eigenvalue weighted by Crippen LogP contribution is 2.08. The van der Waals surface area contributed by atoms with Crippen molar-refractivity contribution in [3.8, 4) is 6.07 Å². The van der Waals surface area contributed by atoms with Gasteiger partial charge in [-0.25, -0.2) is 0 Å². The summed E-state index contributed by atoms with van der Waals surface area (Å²) in [5, 5.41) is 10.6. The maximum Gasteiger partial charge on any atom is 0.253 e. The summed E-state index contributed by atoms with van der Waals surface area (Å²) in [5.41, 5.74) is 0.435. The van der Waals surface area contributed by atoms with Crippen LogP contribution in [0.2, 0.25) is 0 Å². The van der Waals surface area contributed by atoms with Gasteiger partial charge in [0.25, 0.3) is 5.91 Å². The van der Waals surface area contributed by atoms with E-state index in [1.165, 1.54) is 6.20 Å². The van der Waals surface area contributed by atoms with Crippen LogP contribution in [-0.2, 0) is 0 Å². The van der Waals surface area contributed by atoms with Crippen LogP contribution >= 0.6 is 15.9 Å². The molecule has 0 atom stereocenters. The Morgan fingerprint density at radius 1 is 1.69 bits per heavy atom. The molecule has 1 rings (SSSR count). The van der Waals surface area contributed by atoms with Gasteiger partial charge < -0.3 is 5.32 Å². The molecule has 0 aliphatic rings. The van der Waals surface area contributed by atoms with Crippen LogP contribution in [0.15, 0.2) is 22.9 Å². The van der Waals surface area contributed by atoms with Crippen molar-refractivity contribution in [1.82, 2.24) is 10.3 Å². The zero-order valence-corrected chi connectivity index (χ0v) is 8.21. The summed E-state index contributed by atoms with van der Waals surface area (Å²) in [4.78, 5) is 15.1. The fraction of sp³-hybridized carbons (Fsp3) is 0.125. The standard InChI is InChI=1S/C8H6BrN3O/c9-7-3-6(4-11-5-7)8(13)12-2-1-10/h3-5H,2H2,(H,12,13). The molecule has 0 unspecified atom stereocenters. The molecule has 0 aliphatic carbocycles. The molecule has 1 aromatic rings. The lowest BCUT2D eigenvalue weighted by atomic mass is 10.3. The number of nitrogens with zero attached hydrogens (tertiary/aromatic N) is 2. The Hall–Kier alpha value is -1.41. The minimum absolute atomic E-state index is 0.00530. The molecule has 0 bridgehead atoms. The fourth-order valence-corrected chi connectivity index (χ4v) is 1.12. The van der Waals surface area contributed by atoms with Gasteiger partial charge in [0.15, 0.2) is 0 Å². The van der Waals surface area contributed by atoms with Crippen LogP contribution < -0.4 is 5.32 Å². The van der Waals surface area contributed by atoms with Crippen LogP contribution in [0, 0.1) is 11.3 Å². The van der Waals surface area contributed by atoms with Crippen molar-refractivity contribution in [2.45, 2.75) is 0 Å². The summed E-state index contributed by atoms with van der Waals surface area (Å²) in [5.74, 6) is -0.296. The number of amides is 1. The van der Waals surface area contributed by atoms with Gasteiger partial charge >= 0.3 is 0 Å². The van der Waals surface area contributed by atoms with Gasteiger partial charge in [0.2, 0.25) is 0 Å². The van der Waals surface area contributed by atoms with E-state index >= 15 is 0 Å². The highest BCUT2D eigenvalue weighted by Gasteiger charge is 2.04. The minimum atomic E-state index is -0.296. The first-order valence-electron chi connectivity index (χ1n) is 3.49. The van der Waals surface area contributed by atoms with E-state index in [1.54, 1.807) is 12.3 Å².